The summed E-state index contributed by atoms with van der Waals surface area (Å²) in [4.78, 5) is 0. The molecule has 0 saturated carbocycles. The summed E-state index contributed by atoms with van der Waals surface area (Å²) in [6, 6.07) is 0. The van der Waals surface area contributed by atoms with Crippen LogP contribution in [0.2, 0.25) is 0 Å². The van der Waals surface area contributed by atoms with Crippen molar-refractivity contribution < 1.29 is 5.11 Å². The molecular formula is C4H6N2OS2. The van der Waals surface area contributed by atoms with E-state index in [1.807, 2.05) is 0 Å². The Morgan fingerprint density at radius 2 is 2.33 bits per heavy atom. The molecule has 1 aromatic heterocycles. The Morgan fingerprint density at radius 3 is 2.56 bits per heavy atom. The van der Waals surface area contributed by atoms with Crippen LogP contribution < -0.4 is 0 Å². The molecule has 1 atom stereocenters. The third kappa shape index (κ3) is 1.64. The van der Waals surface area contributed by atoms with Crippen molar-refractivity contribution >= 4 is 24.0 Å². The molecule has 0 spiro atoms. The third-order valence-electron chi connectivity index (χ3n) is 0.787. The van der Waals surface area contributed by atoms with Crippen molar-refractivity contribution in [1.29, 1.82) is 0 Å². The fourth-order valence-corrected chi connectivity index (χ4v) is 1.24. The lowest BCUT2D eigenvalue weighted by Crippen LogP contribution is -1.88. The summed E-state index contributed by atoms with van der Waals surface area (Å²) in [6.07, 6.45) is -0.525. The minimum Gasteiger partial charge on any atom is -0.386 e. The van der Waals surface area contributed by atoms with Crippen LogP contribution in [0, 0.1) is 0 Å². The van der Waals surface area contributed by atoms with Gasteiger partial charge in [0.2, 0.25) is 0 Å². The van der Waals surface area contributed by atoms with Crippen LogP contribution in [0.1, 0.15) is 18.0 Å². The van der Waals surface area contributed by atoms with E-state index in [0.29, 0.717) is 9.35 Å². The number of hydrogen-bond acceptors (Lipinski definition) is 5. The number of rotatable bonds is 1. The summed E-state index contributed by atoms with van der Waals surface area (Å²) >= 11 is 5.22. The van der Waals surface area contributed by atoms with Gasteiger partial charge in [-0.1, -0.05) is 11.3 Å². The van der Waals surface area contributed by atoms with Gasteiger partial charge in [0.15, 0.2) is 4.34 Å². The molecule has 1 aromatic rings. The van der Waals surface area contributed by atoms with Gasteiger partial charge in [-0.2, -0.15) is 0 Å². The first-order chi connectivity index (χ1) is 4.20. The molecule has 1 rings (SSSR count). The summed E-state index contributed by atoms with van der Waals surface area (Å²) < 4.78 is 0.589. The summed E-state index contributed by atoms with van der Waals surface area (Å²) in [5.41, 5.74) is 0. The lowest BCUT2D eigenvalue weighted by molar-refractivity contribution is 0.198. The molecule has 9 heavy (non-hydrogen) atoms. The molecule has 3 nitrogen and oxygen atoms in total. The van der Waals surface area contributed by atoms with E-state index in [2.05, 4.69) is 22.8 Å². The van der Waals surface area contributed by atoms with Gasteiger partial charge in [-0.25, -0.2) is 0 Å². The average molecular weight is 162 g/mol. The first-order valence-corrected chi connectivity index (χ1v) is 3.67. The van der Waals surface area contributed by atoms with Crippen LogP contribution in [-0.2, 0) is 0 Å². The van der Waals surface area contributed by atoms with Gasteiger partial charge in [0, 0.05) is 0 Å². The lowest BCUT2D eigenvalue weighted by Gasteiger charge is -1.92. The van der Waals surface area contributed by atoms with Gasteiger partial charge in [0.05, 0.1) is 0 Å². The van der Waals surface area contributed by atoms with E-state index in [1.165, 1.54) is 11.3 Å². The van der Waals surface area contributed by atoms with Crippen molar-refractivity contribution in [2.24, 2.45) is 0 Å². The first-order valence-electron chi connectivity index (χ1n) is 2.40. The maximum absolute atomic E-state index is 8.91. The van der Waals surface area contributed by atoms with Crippen molar-refractivity contribution in [3.05, 3.63) is 5.01 Å². The van der Waals surface area contributed by atoms with E-state index >= 15 is 0 Å². The number of thiol groups is 1. The summed E-state index contributed by atoms with van der Waals surface area (Å²) in [6.45, 7) is 1.65. The van der Waals surface area contributed by atoms with Crippen LogP contribution in [0.4, 0.5) is 0 Å². The minimum absolute atomic E-state index is 0.525. The molecule has 0 amide bonds. The van der Waals surface area contributed by atoms with Crippen molar-refractivity contribution in [3.63, 3.8) is 0 Å². The average Bonchev–Trinajstić information content (AvgIpc) is 2.14. The topological polar surface area (TPSA) is 46.0 Å². The van der Waals surface area contributed by atoms with Gasteiger partial charge in [-0.3, -0.25) is 0 Å². The molecule has 0 aliphatic rings. The monoisotopic (exact) mass is 162 g/mol. The largest absolute Gasteiger partial charge is 0.386 e. The Morgan fingerprint density at radius 1 is 1.67 bits per heavy atom. The van der Waals surface area contributed by atoms with Crippen LogP contribution in [-0.4, -0.2) is 15.3 Å². The van der Waals surface area contributed by atoms with Crippen molar-refractivity contribution in [1.82, 2.24) is 10.2 Å². The fourth-order valence-electron chi connectivity index (χ4n) is 0.395. The number of hydrogen-bond donors (Lipinski definition) is 2. The molecule has 0 saturated heterocycles. The molecule has 0 radical (unpaired) electrons. The summed E-state index contributed by atoms with van der Waals surface area (Å²) in [5.74, 6) is 0. The molecular weight excluding hydrogens is 156 g/mol. The van der Waals surface area contributed by atoms with Gasteiger partial charge < -0.3 is 5.11 Å². The Kier molecular flexibility index (Phi) is 2.05. The highest BCUT2D eigenvalue weighted by atomic mass is 32.2. The molecule has 0 aliphatic carbocycles. The molecule has 1 heterocycles. The molecule has 1 unspecified atom stereocenters. The van der Waals surface area contributed by atoms with E-state index in [-0.39, 0.29) is 0 Å². The van der Waals surface area contributed by atoms with Crippen molar-refractivity contribution in [2.45, 2.75) is 17.4 Å². The predicted molar refractivity (Wildman–Crippen MR) is 37.8 cm³/mol. The molecule has 5 heteroatoms. The molecule has 50 valence electrons. The molecule has 0 aromatic carbocycles. The first kappa shape index (κ1) is 6.98. The van der Waals surface area contributed by atoms with Gasteiger partial charge >= 0.3 is 0 Å². The zero-order valence-corrected chi connectivity index (χ0v) is 6.49. The second-order valence-electron chi connectivity index (χ2n) is 1.60. The SMILES string of the molecule is CC(O)c1nnc(S)s1. The molecule has 0 bridgehead atoms. The van der Waals surface area contributed by atoms with Gasteiger partial charge in [-0.05, 0) is 6.92 Å². The quantitative estimate of drug-likeness (QED) is 0.603. The highest BCUT2D eigenvalue weighted by Crippen LogP contribution is 2.18. The Balaban J connectivity index is 2.85. The minimum atomic E-state index is -0.525. The van der Waals surface area contributed by atoms with Gasteiger partial charge in [-0.15, -0.1) is 22.8 Å². The third-order valence-corrected chi connectivity index (χ3v) is 2.05. The zero-order chi connectivity index (χ0) is 6.85. The Hall–Kier alpha value is -0.130. The van der Waals surface area contributed by atoms with E-state index in [0.717, 1.165) is 0 Å². The van der Waals surface area contributed by atoms with Gasteiger partial charge in [0.1, 0.15) is 11.1 Å². The zero-order valence-electron chi connectivity index (χ0n) is 4.77. The van der Waals surface area contributed by atoms with Crippen molar-refractivity contribution in [2.75, 3.05) is 0 Å². The van der Waals surface area contributed by atoms with Crippen molar-refractivity contribution in [3.8, 4) is 0 Å². The Bertz CT molecular complexity index is 198. The number of aliphatic hydroxyl groups is 1. The van der Waals surface area contributed by atoms with Crippen LogP contribution in [0.25, 0.3) is 0 Å². The second-order valence-corrected chi connectivity index (χ2v) is 3.33. The number of aliphatic hydroxyl groups excluding tert-OH is 1. The predicted octanol–water partition coefficient (Wildman–Crippen LogP) is 0.880. The van der Waals surface area contributed by atoms with Crippen LogP contribution in [0.15, 0.2) is 4.34 Å². The lowest BCUT2D eigenvalue weighted by atomic mass is 10.4. The van der Waals surface area contributed by atoms with Gasteiger partial charge in [0.25, 0.3) is 0 Å². The van der Waals surface area contributed by atoms with Crippen LogP contribution in [0.3, 0.4) is 0 Å². The normalized spacial score (nSPS) is 13.7. The number of nitrogens with zero attached hydrogens (tertiary/aromatic N) is 2. The second kappa shape index (κ2) is 2.64. The summed E-state index contributed by atoms with van der Waals surface area (Å²) in [7, 11) is 0. The van der Waals surface area contributed by atoms with Crippen LogP contribution in [0.5, 0.6) is 0 Å². The standard InChI is InChI=1S/C4H6N2OS2/c1-2(7)3-5-6-4(8)9-3/h2,7H,1H3,(H,6,8). The van der Waals surface area contributed by atoms with E-state index < -0.39 is 6.10 Å². The smallest absolute Gasteiger partial charge is 0.171 e. The maximum atomic E-state index is 8.91. The highest BCUT2D eigenvalue weighted by Gasteiger charge is 2.05. The fraction of sp³-hybridized carbons (Fsp3) is 0.500. The maximum Gasteiger partial charge on any atom is 0.171 e. The number of aromatic nitrogens is 2. The molecule has 1 N–H and O–H groups in total. The molecule has 0 aliphatic heterocycles. The van der Waals surface area contributed by atoms with E-state index in [1.54, 1.807) is 6.92 Å². The highest BCUT2D eigenvalue weighted by molar-refractivity contribution is 7.82. The van der Waals surface area contributed by atoms with E-state index in [9.17, 15) is 0 Å². The van der Waals surface area contributed by atoms with E-state index in [4.69, 9.17) is 5.11 Å². The van der Waals surface area contributed by atoms with Crippen LogP contribution >= 0.6 is 24.0 Å². The molecule has 0 fully saturated rings. The summed E-state index contributed by atoms with van der Waals surface area (Å²) in [5, 5.41) is 16.8. The Labute approximate surface area is 62.2 Å².